The van der Waals surface area contributed by atoms with Gasteiger partial charge in [0, 0.05) is 16.8 Å². The predicted octanol–water partition coefficient (Wildman–Crippen LogP) is 3.83. The lowest BCUT2D eigenvalue weighted by atomic mass is 9.96. The van der Waals surface area contributed by atoms with Crippen LogP contribution in [0, 0.1) is 18.7 Å². The highest BCUT2D eigenvalue weighted by Crippen LogP contribution is 2.23. The van der Waals surface area contributed by atoms with Gasteiger partial charge in [-0.25, -0.2) is 4.39 Å². The fraction of sp³-hybridized carbons (Fsp3) is 0.333. The molecule has 0 aliphatic heterocycles. The maximum absolute atomic E-state index is 13.1. The molecule has 2 aromatic rings. The number of rotatable bonds is 8. The van der Waals surface area contributed by atoms with Gasteiger partial charge in [-0.1, -0.05) is 43.6 Å². The first-order valence-corrected chi connectivity index (χ1v) is 9.46. The molecular weight excluding hydrogens is 381 g/mol. The molecule has 0 heterocycles. The van der Waals surface area contributed by atoms with Crippen LogP contribution in [-0.4, -0.2) is 24.9 Å². The standard InChI is InChI=1S/C21H25ClFN3O2/c1-13(2)21(15-7-9-16(23)10-8-15)25-11-19(27)24-12-20(28)26-18-6-4-5-17(22)14(18)3/h4-10,13,21,25H,11-12H2,1-3H3,(H,24,27)(H,26,28)/t21-/m1/s1. The van der Waals surface area contributed by atoms with Gasteiger partial charge < -0.3 is 16.0 Å². The predicted molar refractivity (Wildman–Crippen MR) is 110 cm³/mol. The molecule has 0 fully saturated rings. The topological polar surface area (TPSA) is 70.2 Å². The monoisotopic (exact) mass is 405 g/mol. The maximum atomic E-state index is 13.1. The van der Waals surface area contributed by atoms with Gasteiger partial charge in [-0.15, -0.1) is 0 Å². The maximum Gasteiger partial charge on any atom is 0.243 e. The van der Waals surface area contributed by atoms with E-state index in [-0.39, 0.29) is 42.7 Å². The largest absolute Gasteiger partial charge is 0.346 e. The average Bonchev–Trinajstić information content (AvgIpc) is 2.65. The van der Waals surface area contributed by atoms with Crippen LogP contribution in [-0.2, 0) is 9.59 Å². The van der Waals surface area contributed by atoms with E-state index >= 15 is 0 Å². The molecule has 0 saturated heterocycles. The van der Waals surface area contributed by atoms with E-state index in [4.69, 9.17) is 11.6 Å². The Kier molecular flexibility index (Phi) is 7.96. The Hall–Kier alpha value is -2.44. The van der Waals surface area contributed by atoms with E-state index in [0.717, 1.165) is 11.1 Å². The zero-order valence-corrected chi connectivity index (χ0v) is 16.9. The van der Waals surface area contributed by atoms with E-state index in [1.807, 2.05) is 20.8 Å². The Morgan fingerprint density at radius 2 is 1.71 bits per heavy atom. The normalized spacial score (nSPS) is 11.9. The molecule has 2 amide bonds. The SMILES string of the molecule is Cc1c(Cl)cccc1NC(=O)CNC(=O)CN[C@@H](c1ccc(F)cc1)C(C)C. The van der Waals surface area contributed by atoms with Crippen LogP contribution in [0.4, 0.5) is 10.1 Å². The van der Waals surface area contributed by atoms with Crippen molar-refractivity contribution in [2.24, 2.45) is 5.92 Å². The molecule has 2 aromatic carbocycles. The van der Waals surface area contributed by atoms with Gasteiger partial charge in [0.05, 0.1) is 13.1 Å². The molecule has 1 atom stereocenters. The Labute approximate surface area is 169 Å². The summed E-state index contributed by atoms with van der Waals surface area (Å²) >= 11 is 6.03. The molecule has 28 heavy (non-hydrogen) atoms. The first-order valence-electron chi connectivity index (χ1n) is 9.08. The zero-order valence-electron chi connectivity index (χ0n) is 16.2. The summed E-state index contributed by atoms with van der Waals surface area (Å²) in [7, 11) is 0. The van der Waals surface area contributed by atoms with Crippen LogP contribution in [0.1, 0.15) is 31.0 Å². The van der Waals surface area contributed by atoms with Gasteiger partial charge >= 0.3 is 0 Å². The van der Waals surface area contributed by atoms with Crippen LogP contribution >= 0.6 is 11.6 Å². The summed E-state index contributed by atoms with van der Waals surface area (Å²) in [6, 6.07) is 11.3. The molecule has 0 spiro atoms. The van der Waals surface area contributed by atoms with E-state index in [0.29, 0.717) is 10.7 Å². The van der Waals surface area contributed by atoms with Crippen LogP contribution in [0.25, 0.3) is 0 Å². The summed E-state index contributed by atoms with van der Waals surface area (Å²) in [5.41, 5.74) is 2.28. The molecule has 0 aliphatic rings. The van der Waals surface area contributed by atoms with Crippen molar-refractivity contribution in [3.05, 3.63) is 64.4 Å². The van der Waals surface area contributed by atoms with Gasteiger partial charge in [0.2, 0.25) is 11.8 Å². The van der Waals surface area contributed by atoms with Crippen molar-refractivity contribution in [3.8, 4) is 0 Å². The van der Waals surface area contributed by atoms with Crippen LogP contribution in [0.3, 0.4) is 0 Å². The molecule has 2 rings (SSSR count). The van der Waals surface area contributed by atoms with Crippen molar-refractivity contribution in [1.29, 1.82) is 0 Å². The lowest BCUT2D eigenvalue weighted by Crippen LogP contribution is -2.40. The fourth-order valence-corrected chi connectivity index (χ4v) is 2.96. The quantitative estimate of drug-likeness (QED) is 0.625. The number of hydrogen-bond acceptors (Lipinski definition) is 3. The summed E-state index contributed by atoms with van der Waals surface area (Å²) < 4.78 is 13.1. The lowest BCUT2D eigenvalue weighted by Gasteiger charge is -2.22. The van der Waals surface area contributed by atoms with Gasteiger partial charge in [0.1, 0.15) is 5.82 Å². The van der Waals surface area contributed by atoms with Crippen LogP contribution in [0.5, 0.6) is 0 Å². The van der Waals surface area contributed by atoms with Gasteiger partial charge in [0.15, 0.2) is 0 Å². The Balaban J connectivity index is 1.83. The molecule has 0 aromatic heterocycles. The minimum Gasteiger partial charge on any atom is -0.346 e. The summed E-state index contributed by atoms with van der Waals surface area (Å²) in [6.07, 6.45) is 0. The van der Waals surface area contributed by atoms with Crippen LogP contribution in [0.2, 0.25) is 5.02 Å². The van der Waals surface area contributed by atoms with Crippen molar-refractivity contribution in [1.82, 2.24) is 10.6 Å². The number of anilines is 1. The van der Waals surface area contributed by atoms with Crippen LogP contribution in [0.15, 0.2) is 42.5 Å². The number of carbonyl (C=O) groups is 2. The minimum atomic E-state index is -0.335. The highest BCUT2D eigenvalue weighted by atomic mass is 35.5. The smallest absolute Gasteiger partial charge is 0.243 e. The molecule has 0 aliphatic carbocycles. The average molecular weight is 406 g/mol. The minimum absolute atomic E-state index is 0.0453. The highest BCUT2D eigenvalue weighted by Gasteiger charge is 2.17. The van der Waals surface area contributed by atoms with E-state index in [2.05, 4.69) is 16.0 Å². The Bertz CT molecular complexity index is 825. The van der Waals surface area contributed by atoms with Crippen molar-refractivity contribution in [2.45, 2.75) is 26.8 Å². The summed E-state index contributed by atoms with van der Waals surface area (Å²) in [6.45, 7) is 5.74. The van der Waals surface area contributed by atoms with Crippen LogP contribution < -0.4 is 16.0 Å². The number of hydrogen-bond donors (Lipinski definition) is 3. The van der Waals surface area contributed by atoms with Gasteiger partial charge in [-0.3, -0.25) is 9.59 Å². The molecule has 3 N–H and O–H groups in total. The Morgan fingerprint density at radius 3 is 2.36 bits per heavy atom. The van der Waals surface area contributed by atoms with Crippen molar-refractivity contribution < 1.29 is 14.0 Å². The second-order valence-corrected chi connectivity index (χ2v) is 7.30. The van der Waals surface area contributed by atoms with E-state index in [1.165, 1.54) is 12.1 Å². The first kappa shape index (κ1) is 21.9. The molecular formula is C21H25ClFN3O2. The molecule has 0 bridgehead atoms. The second kappa shape index (κ2) is 10.2. The van der Waals surface area contributed by atoms with E-state index < -0.39 is 0 Å². The summed E-state index contributed by atoms with van der Waals surface area (Å²) in [5.74, 6) is -0.735. The fourth-order valence-electron chi connectivity index (χ4n) is 2.79. The molecule has 5 nitrogen and oxygen atoms in total. The molecule has 150 valence electrons. The van der Waals surface area contributed by atoms with Crippen molar-refractivity contribution in [2.75, 3.05) is 18.4 Å². The molecule has 7 heteroatoms. The number of benzene rings is 2. The Morgan fingerprint density at radius 1 is 1.04 bits per heavy atom. The number of amides is 2. The zero-order chi connectivity index (χ0) is 20.7. The van der Waals surface area contributed by atoms with Gasteiger partial charge in [-0.2, -0.15) is 0 Å². The third kappa shape index (κ3) is 6.32. The summed E-state index contributed by atoms with van der Waals surface area (Å²) in [4.78, 5) is 24.2. The molecule has 0 unspecified atom stereocenters. The molecule has 0 radical (unpaired) electrons. The van der Waals surface area contributed by atoms with E-state index in [9.17, 15) is 14.0 Å². The third-order valence-corrected chi connectivity index (χ3v) is 4.78. The second-order valence-electron chi connectivity index (χ2n) is 6.89. The van der Waals surface area contributed by atoms with Gasteiger partial charge in [-0.05, 0) is 48.2 Å². The first-order chi connectivity index (χ1) is 13.3. The highest BCUT2D eigenvalue weighted by molar-refractivity contribution is 6.31. The van der Waals surface area contributed by atoms with Crippen molar-refractivity contribution >= 4 is 29.1 Å². The lowest BCUT2D eigenvalue weighted by molar-refractivity contribution is -0.123. The van der Waals surface area contributed by atoms with Crippen molar-refractivity contribution in [3.63, 3.8) is 0 Å². The number of carbonyl (C=O) groups excluding carboxylic acids is 2. The van der Waals surface area contributed by atoms with Gasteiger partial charge in [0.25, 0.3) is 0 Å². The summed E-state index contributed by atoms with van der Waals surface area (Å²) in [5, 5.41) is 9.03. The third-order valence-electron chi connectivity index (χ3n) is 4.37. The molecule has 0 saturated carbocycles. The number of nitrogens with one attached hydrogen (secondary N) is 3. The number of halogens is 2. The van der Waals surface area contributed by atoms with E-state index in [1.54, 1.807) is 30.3 Å².